The lowest BCUT2D eigenvalue weighted by Gasteiger charge is -2.22. The first-order chi connectivity index (χ1) is 8.30. The molecule has 0 fully saturated rings. The first kappa shape index (κ1) is 15.0. The molecule has 1 aromatic carbocycles. The summed E-state index contributed by atoms with van der Waals surface area (Å²) >= 11 is 0. The highest BCUT2D eigenvalue weighted by Gasteiger charge is 2.48. The van der Waals surface area contributed by atoms with Crippen LogP contribution in [0.2, 0.25) is 0 Å². The van der Waals surface area contributed by atoms with E-state index in [4.69, 9.17) is 0 Å². The third-order valence-electron chi connectivity index (χ3n) is 3.09. The summed E-state index contributed by atoms with van der Waals surface area (Å²) in [5.41, 5.74) is 0.723. The number of aliphatic hydroxyl groups excluding tert-OH is 1. The van der Waals surface area contributed by atoms with Gasteiger partial charge in [0, 0.05) is 0 Å². The van der Waals surface area contributed by atoms with E-state index in [2.05, 4.69) is 0 Å². The van der Waals surface area contributed by atoms with Crippen LogP contribution in [0.25, 0.3) is 0 Å². The van der Waals surface area contributed by atoms with Crippen LogP contribution in [-0.2, 0) is 0 Å². The molecule has 0 bridgehead atoms. The van der Waals surface area contributed by atoms with Crippen LogP contribution >= 0.6 is 0 Å². The number of hydrogen-bond acceptors (Lipinski definition) is 1. The van der Waals surface area contributed by atoms with Gasteiger partial charge in [-0.3, -0.25) is 0 Å². The minimum Gasteiger partial charge on any atom is -0.382 e. The lowest BCUT2D eigenvalue weighted by atomic mass is 9.95. The summed E-state index contributed by atoms with van der Waals surface area (Å²) in [6, 6.07) is 5.69. The summed E-state index contributed by atoms with van der Waals surface area (Å²) < 4.78 is 50.1. The molecule has 1 rings (SSSR count). The Bertz CT molecular complexity index is 375. The maximum atomic E-state index is 13.0. The predicted octanol–water partition coefficient (Wildman–Crippen LogP) is 4.13. The van der Waals surface area contributed by atoms with Crippen LogP contribution in [-0.4, -0.2) is 17.5 Å². The van der Waals surface area contributed by atoms with Gasteiger partial charge in [-0.15, -0.1) is 0 Å². The fraction of sp³-hybridized carbons (Fsp3) is 0.538. The second kappa shape index (κ2) is 5.69. The second-order valence-corrected chi connectivity index (χ2v) is 4.35. The maximum Gasteiger partial charge on any atom is 0.336 e. The van der Waals surface area contributed by atoms with E-state index in [1.807, 2.05) is 13.8 Å². The van der Waals surface area contributed by atoms with Crippen LogP contribution in [0.3, 0.4) is 0 Å². The Morgan fingerprint density at radius 2 is 1.56 bits per heavy atom. The topological polar surface area (TPSA) is 20.2 Å². The van der Waals surface area contributed by atoms with Crippen LogP contribution in [0.15, 0.2) is 24.3 Å². The van der Waals surface area contributed by atoms with Crippen molar-refractivity contribution in [1.82, 2.24) is 0 Å². The summed E-state index contributed by atoms with van der Waals surface area (Å²) in [5.74, 6) is -4.18. The van der Waals surface area contributed by atoms with Crippen LogP contribution in [0.4, 0.5) is 17.6 Å². The van der Waals surface area contributed by atoms with E-state index < -0.39 is 18.5 Å². The third kappa shape index (κ3) is 3.02. The molecule has 0 radical (unpaired) electrons. The number of halogens is 4. The van der Waals surface area contributed by atoms with Crippen LogP contribution in [0, 0.1) is 0 Å². The summed E-state index contributed by atoms with van der Waals surface area (Å²) in [7, 11) is 0. The van der Waals surface area contributed by atoms with Gasteiger partial charge in [0.05, 0.1) is 0 Å². The van der Waals surface area contributed by atoms with Gasteiger partial charge in [-0.25, -0.2) is 8.78 Å². The Morgan fingerprint density at radius 3 is 1.94 bits per heavy atom. The molecule has 2 atom stereocenters. The number of alkyl halides is 4. The summed E-state index contributed by atoms with van der Waals surface area (Å²) in [5, 5.41) is 9.28. The molecule has 18 heavy (non-hydrogen) atoms. The van der Waals surface area contributed by atoms with Crippen LogP contribution in [0.1, 0.15) is 43.4 Å². The van der Waals surface area contributed by atoms with Crippen molar-refractivity contribution in [3.63, 3.8) is 0 Å². The van der Waals surface area contributed by atoms with E-state index in [9.17, 15) is 22.7 Å². The molecule has 1 nitrogen and oxygen atoms in total. The van der Waals surface area contributed by atoms with E-state index in [0.29, 0.717) is 0 Å². The molecular weight excluding hydrogens is 248 g/mol. The molecule has 1 N–H and O–H groups in total. The summed E-state index contributed by atoms with van der Waals surface area (Å²) in [6.07, 6.45) is -5.49. The van der Waals surface area contributed by atoms with Gasteiger partial charge >= 0.3 is 12.3 Å². The van der Waals surface area contributed by atoms with Gasteiger partial charge in [0.15, 0.2) is 0 Å². The molecule has 1 aromatic rings. The Kier molecular flexibility index (Phi) is 4.73. The predicted molar refractivity (Wildman–Crippen MR) is 61.1 cm³/mol. The van der Waals surface area contributed by atoms with E-state index >= 15 is 0 Å². The highest BCUT2D eigenvalue weighted by atomic mass is 19.3. The van der Waals surface area contributed by atoms with Crippen LogP contribution < -0.4 is 0 Å². The Balaban J connectivity index is 2.92. The molecule has 0 aliphatic rings. The maximum absolute atomic E-state index is 13.0. The second-order valence-electron chi connectivity index (χ2n) is 4.35. The van der Waals surface area contributed by atoms with Crippen molar-refractivity contribution in [2.45, 2.75) is 44.6 Å². The molecule has 0 heterocycles. The smallest absolute Gasteiger partial charge is 0.336 e. The van der Waals surface area contributed by atoms with Crippen molar-refractivity contribution in [2.75, 3.05) is 0 Å². The van der Waals surface area contributed by atoms with Crippen molar-refractivity contribution in [1.29, 1.82) is 0 Å². The molecular formula is C13H16F4O. The molecule has 0 saturated carbocycles. The van der Waals surface area contributed by atoms with Crippen LogP contribution in [0.5, 0.6) is 0 Å². The zero-order valence-corrected chi connectivity index (χ0v) is 10.2. The summed E-state index contributed by atoms with van der Waals surface area (Å²) in [6.45, 7) is 3.96. The van der Waals surface area contributed by atoms with Gasteiger partial charge in [0.25, 0.3) is 0 Å². The molecule has 0 aliphatic heterocycles. The molecule has 0 saturated heterocycles. The monoisotopic (exact) mass is 264 g/mol. The van der Waals surface area contributed by atoms with Gasteiger partial charge in [-0.05, 0) is 23.5 Å². The Hall–Kier alpha value is -1.10. The summed E-state index contributed by atoms with van der Waals surface area (Å²) in [4.78, 5) is 0. The number of aliphatic hydroxyl groups is 1. The highest BCUT2D eigenvalue weighted by Crippen LogP contribution is 2.36. The lowest BCUT2D eigenvalue weighted by molar-refractivity contribution is -0.193. The first-order valence-electron chi connectivity index (χ1n) is 5.74. The highest BCUT2D eigenvalue weighted by molar-refractivity contribution is 5.27. The zero-order valence-electron chi connectivity index (χ0n) is 10.2. The quantitative estimate of drug-likeness (QED) is 0.793. The van der Waals surface area contributed by atoms with E-state index in [1.165, 1.54) is 12.1 Å². The number of benzene rings is 1. The lowest BCUT2D eigenvalue weighted by Crippen LogP contribution is -2.34. The molecule has 5 heteroatoms. The Labute approximate surface area is 103 Å². The van der Waals surface area contributed by atoms with Crippen molar-refractivity contribution in [3.8, 4) is 0 Å². The average Bonchev–Trinajstić information content (AvgIpc) is 2.36. The fourth-order valence-electron chi connectivity index (χ4n) is 1.58. The standard InChI is InChI=1S/C13H16F4O/c1-3-8(2)9-4-6-10(7-5-9)11(18)13(16,17)12(14)15/h4-8,11-12,18H,3H2,1-2H3. The molecule has 0 amide bonds. The van der Waals surface area contributed by atoms with Crippen molar-refractivity contribution >= 4 is 0 Å². The molecule has 0 aliphatic carbocycles. The molecule has 2 unspecified atom stereocenters. The van der Waals surface area contributed by atoms with Gasteiger partial charge in [-0.2, -0.15) is 8.78 Å². The van der Waals surface area contributed by atoms with Crippen molar-refractivity contribution in [2.24, 2.45) is 0 Å². The molecule has 102 valence electrons. The average molecular weight is 264 g/mol. The van der Waals surface area contributed by atoms with Crippen molar-refractivity contribution in [3.05, 3.63) is 35.4 Å². The minimum atomic E-state index is -4.43. The normalized spacial score (nSPS) is 15.8. The first-order valence-corrected chi connectivity index (χ1v) is 5.74. The Morgan fingerprint density at radius 1 is 1.11 bits per heavy atom. The van der Waals surface area contributed by atoms with Gasteiger partial charge in [-0.1, -0.05) is 38.1 Å². The number of rotatable bonds is 5. The molecule has 0 aromatic heterocycles. The van der Waals surface area contributed by atoms with E-state index in [1.54, 1.807) is 12.1 Å². The fourth-order valence-corrected chi connectivity index (χ4v) is 1.58. The SMILES string of the molecule is CCC(C)c1ccc(C(O)C(F)(F)C(F)F)cc1. The van der Waals surface area contributed by atoms with Gasteiger partial charge in [0.2, 0.25) is 0 Å². The number of hydrogen-bond donors (Lipinski definition) is 1. The third-order valence-corrected chi connectivity index (χ3v) is 3.09. The minimum absolute atomic E-state index is 0.202. The van der Waals surface area contributed by atoms with E-state index in [0.717, 1.165) is 12.0 Å². The zero-order chi connectivity index (χ0) is 13.9. The van der Waals surface area contributed by atoms with Crippen molar-refractivity contribution < 1.29 is 22.7 Å². The van der Waals surface area contributed by atoms with Gasteiger partial charge in [0.1, 0.15) is 6.10 Å². The molecule has 0 spiro atoms. The largest absolute Gasteiger partial charge is 0.382 e. The van der Waals surface area contributed by atoms with E-state index in [-0.39, 0.29) is 11.5 Å². The van der Waals surface area contributed by atoms with Gasteiger partial charge < -0.3 is 5.11 Å².